The second kappa shape index (κ2) is 4.69. The Morgan fingerprint density at radius 3 is 2.56 bits per heavy atom. The Morgan fingerprint density at radius 2 is 1.89 bits per heavy atom. The van der Waals surface area contributed by atoms with Gasteiger partial charge in [0, 0.05) is 11.4 Å². The fraction of sp³-hybridized carbons (Fsp3) is 0.375. The molecule has 94 valence electrons. The van der Waals surface area contributed by atoms with E-state index >= 15 is 0 Å². The highest BCUT2D eigenvalue weighted by atomic mass is 19.1. The minimum absolute atomic E-state index is 0.125. The Kier molecular flexibility index (Phi) is 3.04. The SMILES string of the molecule is CCNC(c1ccc(F)c2ccccc12)C1CC1. The molecule has 0 heterocycles. The molecule has 1 nitrogen and oxygen atoms in total. The lowest BCUT2D eigenvalue weighted by molar-refractivity contribution is 0.498. The van der Waals surface area contributed by atoms with Crippen LogP contribution in [0.25, 0.3) is 10.8 Å². The van der Waals surface area contributed by atoms with E-state index < -0.39 is 0 Å². The first-order chi connectivity index (χ1) is 8.81. The molecule has 1 saturated carbocycles. The zero-order valence-electron chi connectivity index (χ0n) is 10.6. The zero-order chi connectivity index (χ0) is 12.5. The van der Waals surface area contributed by atoms with Crippen LogP contribution in [0.2, 0.25) is 0 Å². The first-order valence-electron chi connectivity index (χ1n) is 6.71. The second-order valence-electron chi connectivity index (χ2n) is 5.05. The van der Waals surface area contributed by atoms with Gasteiger partial charge in [-0.05, 0) is 42.3 Å². The third kappa shape index (κ3) is 2.01. The maximum absolute atomic E-state index is 13.8. The van der Waals surface area contributed by atoms with Gasteiger partial charge in [0.05, 0.1) is 0 Å². The van der Waals surface area contributed by atoms with Crippen molar-refractivity contribution in [3.8, 4) is 0 Å². The van der Waals surface area contributed by atoms with Crippen molar-refractivity contribution in [3.63, 3.8) is 0 Å². The van der Waals surface area contributed by atoms with Crippen molar-refractivity contribution in [3.05, 3.63) is 47.8 Å². The molecule has 18 heavy (non-hydrogen) atoms. The highest BCUT2D eigenvalue weighted by Crippen LogP contribution is 2.43. The number of benzene rings is 2. The molecular formula is C16H18FN. The molecule has 2 aromatic carbocycles. The van der Waals surface area contributed by atoms with E-state index in [0.717, 1.165) is 23.2 Å². The lowest BCUT2D eigenvalue weighted by atomic mass is 9.95. The summed E-state index contributed by atoms with van der Waals surface area (Å²) >= 11 is 0. The Bertz CT molecular complexity index is 560. The van der Waals surface area contributed by atoms with Gasteiger partial charge in [-0.1, -0.05) is 37.3 Å². The summed E-state index contributed by atoms with van der Waals surface area (Å²) < 4.78 is 13.8. The van der Waals surface area contributed by atoms with E-state index in [4.69, 9.17) is 0 Å². The molecule has 0 spiro atoms. The molecule has 0 radical (unpaired) electrons. The predicted octanol–water partition coefficient (Wildman–Crippen LogP) is 4.04. The van der Waals surface area contributed by atoms with Crippen LogP contribution in [0.1, 0.15) is 31.4 Å². The summed E-state index contributed by atoms with van der Waals surface area (Å²) in [6.07, 6.45) is 2.56. The van der Waals surface area contributed by atoms with Crippen LogP contribution in [-0.2, 0) is 0 Å². The summed E-state index contributed by atoms with van der Waals surface area (Å²) in [4.78, 5) is 0. The molecule has 0 saturated heterocycles. The highest BCUT2D eigenvalue weighted by Gasteiger charge is 2.32. The Balaban J connectivity index is 2.12. The van der Waals surface area contributed by atoms with Gasteiger partial charge in [0.15, 0.2) is 0 Å². The van der Waals surface area contributed by atoms with Crippen molar-refractivity contribution in [1.82, 2.24) is 5.32 Å². The summed E-state index contributed by atoms with van der Waals surface area (Å²) in [6.45, 7) is 3.08. The second-order valence-corrected chi connectivity index (χ2v) is 5.05. The van der Waals surface area contributed by atoms with Crippen LogP contribution in [0.3, 0.4) is 0 Å². The molecule has 1 atom stereocenters. The van der Waals surface area contributed by atoms with Crippen LogP contribution in [0.5, 0.6) is 0 Å². The number of hydrogen-bond donors (Lipinski definition) is 1. The van der Waals surface area contributed by atoms with Crippen LogP contribution < -0.4 is 5.32 Å². The number of hydrogen-bond acceptors (Lipinski definition) is 1. The van der Waals surface area contributed by atoms with E-state index in [2.05, 4.69) is 12.2 Å². The van der Waals surface area contributed by atoms with E-state index in [1.807, 2.05) is 30.3 Å². The summed E-state index contributed by atoms with van der Waals surface area (Å²) in [5, 5.41) is 5.34. The van der Waals surface area contributed by atoms with E-state index in [9.17, 15) is 4.39 Å². The third-order valence-electron chi connectivity index (χ3n) is 3.76. The van der Waals surface area contributed by atoms with Gasteiger partial charge in [-0.2, -0.15) is 0 Å². The molecule has 1 fully saturated rings. The van der Waals surface area contributed by atoms with Gasteiger partial charge in [-0.3, -0.25) is 0 Å². The molecule has 1 aliphatic rings. The van der Waals surface area contributed by atoms with Gasteiger partial charge in [0.2, 0.25) is 0 Å². The van der Waals surface area contributed by atoms with Crippen molar-refractivity contribution >= 4 is 10.8 Å². The van der Waals surface area contributed by atoms with E-state index in [1.165, 1.54) is 18.4 Å². The number of nitrogens with one attached hydrogen (secondary N) is 1. The largest absolute Gasteiger partial charge is 0.310 e. The minimum atomic E-state index is -0.125. The van der Waals surface area contributed by atoms with Crippen LogP contribution in [-0.4, -0.2) is 6.54 Å². The van der Waals surface area contributed by atoms with Gasteiger partial charge in [0.1, 0.15) is 5.82 Å². The molecule has 2 aromatic rings. The average molecular weight is 243 g/mol. The van der Waals surface area contributed by atoms with Crippen LogP contribution in [0.15, 0.2) is 36.4 Å². The molecule has 3 rings (SSSR count). The number of halogens is 1. The summed E-state index contributed by atoms with van der Waals surface area (Å²) in [6, 6.07) is 11.7. The fourth-order valence-electron chi connectivity index (χ4n) is 2.74. The third-order valence-corrected chi connectivity index (χ3v) is 3.76. The normalized spacial score (nSPS) is 17.0. The number of rotatable bonds is 4. The number of fused-ring (bicyclic) bond motifs is 1. The van der Waals surface area contributed by atoms with Gasteiger partial charge < -0.3 is 5.32 Å². The van der Waals surface area contributed by atoms with E-state index in [0.29, 0.717) is 6.04 Å². The fourth-order valence-corrected chi connectivity index (χ4v) is 2.74. The van der Waals surface area contributed by atoms with Crippen LogP contribution in [0.4, 0.5) is 4.39 Å². The molecule has 1 N–H and O–H groups in total. The first kappa shape index (κ1) is 11.7. The summed E-state index contributed by atoms with van der Waals surface area (Å²) in [5.41, 5.74) is 1.25. The van der Waals surface area contributed by atoms with Crippen molar-refractivity contribution in [2.45, 2.75) is 25.8 Å². The summed E-state index contributed by atoms with van der Waals surface area (Å²) in [7, 11) is 0. The molecule has 2 heteroatoms. The van der Waals surface area contributed by atoms with Crippen LogP contribution in [0, 0.1) is 11.7 Å². The van der Waals surface area contributed by atoms with Gasteiger partial charge in [-0.25, -0.2) is 4.39 Å². The maximum Gasteiger partial charge on any atom is 0.131 e. The maximum atomic E-state index is 13.8. The van der Waals surface area contributed by atoms with Crippen molar-refractivity contribution in [1.29, 1.82) is 0 Å². The molecule has 0 aromatic heterocycles. The molecule has 0 bridgehead atoms. The first-order valence-corrected chi connectivity index (χ1v) is 6.71. The highest BCUT2D eigenvalue weighted by molar-refractivity contribution is 5.86. The zero-order valence-corrected chi connectivity index (χ0v) is 10.6. The van der Waals surface area contributed by atoms with Crippen molar-refractivity contribution in [2.24, 2.45) is 5.92 Å². The average Bonchev–Trinajstić information content (AvgIpc) is 3.22. The Morgan fingerprint density at radius 1 is 1.17 bits per heavy atom. The van der Waals surface area contributed by atoms with Crippen LogP contribution >= 0.6 is 0 Å². The minimum Gasteiger partial charge on any atom is -0.310 e. The van der Waals surface area contributed by atoms with Crippen molar-refractivity contribution < 1.29 is 4.39 Å². The van der Waals surface area contributed by atoms with Crippen molar-refractivity contribution in [2.75, 3.05) is 6.54 Å². The molecule has 0 aliphatic heterocycles. The monoisotopic (exact) mass is 243 g/mol. The molecular weight excluding hydrogens is 225 g/mol. The van der Waals surface area contributed by atoms with E-state index in [1.54, 1.807) is 6.07 Å². The van der Waals surface area contributed by atoms with Gasteiger partial charge in [-0.15, -0.1) is 0 Å². The smallest absolute Gasteiger partial charge is 0.131 e. The lowest BCUT2D eigenvalue weighted by Crippen LogP contribution is -2.22. The Hall–Kier alpha value is -1.41. The van der Waals surface area contributed by atoms with Gasteiger partial charge >= 0.3 is 0 Å². The van der Waals surface area contributed by atoms with E-state index in [-0.39, 0.29) is 5.82 Å². The molecule has 0 amide bonds. The lowest BCUT2D eigenvalue weighted by Gasteiger charge is -2.20. The molecule has 1 unspecified atom stereocenters. The molecule has 1 aliphatic carbocycles. The summed E-state index contributed by atoms with van der Waals surface area (Å²) in [5.74, 6) is 0.596. The van der Waals surface area contributed by atoms with Gasteiger partial charge in [0.25, 0.3) is 0 Å². The topological polar surface area (TPSA) is 12.0 Å². The quantitative estimate of drug-likeness (QED) is 0.854. The Labute approximate surface area is 107 Å². The predicted molar refractivity (Wildman–Crippen MR) is 73.0 cm³/mol. The standard InChI is InChI=1S/C16H18FN/c1-2-18-16(11-7-8-11)14-9-10-15(17)13-6-4-3-5-12(13)14/h3-6,9-11,16,18H,2,7-8H2,1H3.